The Morgan fingerprint density at radius 3 is 2.41 bits per heavy atom. The van der Waals surface area contributed by atoms with Gasteiger partial charge in [0.15, 0.2) is 0 Å². The van der Waals surface area contributed by atoms with Crippen LogP contribution in [0.1, 0.15) is 13.8 Å². The van der Waals surface area contributed by atoms with Gasteiger partial charge in [-0.1, -0.05) is 30.3 Å². The molecule has 0 spiro atoms. The summed E-state index contributed by atoms with van der Waals surface area (Å²) in [7, 11) is -2.76. The number of nitrogens with zero attached hydrogens (tertiary/aromatic N) is 1. The first-order chi connectivity index (χ1) is 7.88. The highest BCUT2D eigenvalue weighted by atomic mass is 31.2. The molecule has 1 aromatic rings. The minimum absolute atomic E-state index is 0.0862. The summed E-state index contributed by atoms with van der Waals surface area (Å²) in [6, 6.07) is 9.00. The van der Waals surface area contributed by atoms with E-state index in [4.69, 9.17) is 0 Å². The summed E-state index contributed by atoms with van der Waals surface area (Å²) in [6.45, 7) is 3.23. The van der Waals surface area contributed by atoms with Gasteiger partial charge in [-0.05, 0) is 12.7 Å². The molecule has 90 valence electrons. The van der Waals surface area contributed by atoms with Crippen molar-refractivity contribution in [3.63, 3.8) is 0 Å². The van der Waals surface area contributed by atoms with Crippen LogP contribution in [0, 0.1) is 10.1 Å². The zero-order valence-electron chi connectivity index (χ0n) is 9.79. The third-order valence-corrected chi connectivity index (χ3v) is 6.45. The van der Waals surface area contributed by atoms with Crippen molar-refractivity contribution < 1.29 is 9.49 Å². The maximum absolute atomic E-state index is 12.8. The van der Waals surface area contributed by atoms with Crippen LogP contribution in [0.5, 0.6) is 0 Å². The van der Waals surface area contributed by atoms with E-state index < -0.39 is 12.7 Å². The molecule has 1 aliphatic heterocycles. The predicted molar refractivity (Wildman–Crippen MR) is 67.7 cm³/mol. The van der Waals surface area contributed by atoms with Gasteiger partial charge in [-0.2, -0.15) is 0 Å². The molecule has 0 N–H and O–H groups in total. The lowest BCUT2D eigenvalue weighted by Crippen LogP contribution is -2.37. The molecular formula is C12H14NO3P. The third kappa shape index (κ3) is 1.83. The second-order valence-electron chi connectivity index (χ2n) is 4.63. The first-order valence-electron chi connectivity index (χ1n) is 5.37. The molecule has 0 amide bonds. The Morgan fingerprint density at radius 2 is 1.94 bits per heavy atom. The molecule has 0 aromatic heterocycles. The summed E-state index contributed by atoms with van der Waals surface area (Å²) in [5.41, 5.74) is -0.597. The standard InChI is InChI=1S/C12H14NO3P/c1-10-8-17(16,9-12(10,2)13(14)15)11-6-4-3-5-7-11/h3-8H,9H2,1-2H3. The van der Waals surface area contributed by atoms with Crippen molar-refractivity contribution in [2.45, 2.75) is 19.4 Å². The van der Waals surface area contributed by atoms with Crippen molar-refractivity contribution in [3.8, 4) is 0 Å². The highest BCUT2D eigenvalue weighted by Crippen LogP contribution is 2.57. The molecule has 0 saturated heterocycles. The molecule has 2 unspecified atom stereocenters. The minimum Gasteiger partial charge on any atom is -0.314 e. The molecule has 5 heteroatoms. The fraction of sp³-hybridized carbons (Fsp3) is 0.333. The normalized spacial score (nSPS) is 32.2. The summed E-state index contributed by atoms with van der Waals surface area (Å²) in [6.07, 6.45) is 0.0862. The highest BCUT2D eigenvalue weighted by Gasteiger charge is 2.51. The van der Waals surface area contributed by atoms with Gasteiger partial charge in [0, 0.05) is 22.7 Å². The van der Waals surface area contributed by atoms with Gasteiger partial charge in [-0.25, -0.2) is 0 Å². The summed E-state index contributed by atoms with van der Waals surface area (Å²) < 4.78 is 12.8. The van der Waals surface area contributed by atoms with Crippen LogP contribution in [0.3, 0.4) is 0 Å². The first-order valence-corrected chi connectivity index (χ1v) is 7.33. The molecule has 0 radical (unpaired) electrons. The van der Waals surface area contributed by atoms with Crippen molar-refractivity contribution in [1.29, 1.82) is 0 Å². The number of hydrogen-bond donors (Lipinski definition) is 0. The molecule has 2 atom stereocenters. The van der Waals surface area contributed by atoms with Gasteiger partial charge in [0.25, 0.3) is 0 Å². The fourth-order valence-electron chi connectivity index (χ4n) is 2.13. The molecule has 2 rings (SSSR count). The minimum atomic E-state index is -2.76. The van der Waals surface area contributed by atoms with Crippen LogP contribution in [0.2, 0.25) is 0 Å². The topological polar surface area (TPSA) is 60.2 Å². The maximum Gasteiger partial charge on any atom is 0.248 e. The van der Waals surface area contributed by atoms with E-state index in [-0.39, 0.29) is 11.1 Å². The van der Waals surface area contributed by atoms with Crippen LogP contribution in [0.15, 0.2) is 41.7 Å². The van der Waals surface area contributed by atoms with Crippen LogP contribution in [-0.2, 0) is 4.57 Å². The van der Waals surface area contributed by atoms with Crippen LogP contribution >= 0.6 is 7.14 Å². The molecule has 1 aromatic carbocycles. The molecule has 0 bridgehead atoms. The number of nitro groups is 1. The SMILES string of the molecule is CC1=CP(=O)(c2ccccc2)CC1(C)[N+](=O)[O-]. The van der Waals surface area contributed by atoms with E-state index in [0.717, 1.165) is 0 Å². The number of rotatable bonds is 2. The van der Waals surface area contributed by atoms with E-state index in [1.165, 1.54) is 0 Å². The van der Waals surface area contributed by atoms with Gasteiger partial charge in [0.05, 0.1) is 6.16 Å². The third-order valence-electron chi connectivity index (χ3n) is 3.39. The average molecular weight is 251 g/mol. The molecule has 1 aliphatic rings. The Hall–Kier alpha value is -1.41. The van der Waals surface area contributed by atoms with Gasteiger partial charge in [-0.15, -0.1) is 0 Å². The monoisotopic (exact) mass is 251 g/mol. The second-order valence-corrected chi connectivity index (χ2v) is 7.31. The molecule has 0 saturated carbocycles. The van der Waals surface area contributed by atoms with E-state index >= 15 is 0 Å². The van der Waals surface area contributed by atoms with Crippen molar-refractivity contribution >= 4 is 12.4 Å². The zero-order valence-corrected chi connectivity index (χ0v) is 10.7. The summed E-state index contributed by atoms with van der Waals surface area (Å²) in [5, 5.41) is 11.8. The van der Waals surface area contributed by atoms with E-state index in [1.54, 1.807) is 43.9 Å². The molecule has 1 heterocycles. The van der Waals surface area contributed by atoms with Gasteiger partial charge >= 0.3 is 0 Å². The first kappa shape index (κ1) is 12.1. The van der Waals surface area contributed by atoms with Crippen LogP contribution < -0.4 is 5.30 Å². The smallest absolute Gasteiger partial charge is 0.248 e. The maximum atomic E-state index is 12.8. The van der Waals surface area contributed by atoms with Crippen molar-refractivity contribution in [2.24, 2.45) is 0 Å². The molecular weight excluding hydrogens is 237 g/mol. The summed E-state index contributed by atoms with van der Waals surface area (Å²) in [5.74, 6) is 1.60. The quantitative estimate of drug-likeness (QED) is 0.461. The van der Waals surface area contributed by atoms with E-state index in [0.29, 0.717) is 10.9 Å². The summed E-state index contributed by atoms with van der Waals surface area (Å²) >= 11 is 0. The Morgan fingerprint density at radius 1 is 1.35 bits per heavy atom. The van der Waals surface area contributed by atoms with Crippen LogP contribution in [-0.4, -0.2) is 16.6 Å². The predicted octanol–water partition coefficient (Wildman–Crippen LogP) is 2.63. The van der Waals surface area contributed by atoms with Crippen molar-refractivity contribution in [3.05, 3.63) is 51.8 Å². The van der Waals surface area contributed by atoms with E-state index in [9.17, 15) is 14.7 Å². The second kappa shape index (κ2) is 3.81. The molecule has 0 aliphatic carbocycles. The van der Waals surface area contributed by atoms with Gasteiger partial charge in [0.1, 0.15) is 7.14 Å². The van der Waals surface area contributed by atoms with E-state index in [2.05, 4.69) is 0 Å². The lowest BCUT2D eigenvalue weighted by Gasteiger charge is -2.17. The number of benzene rings is 1. The van der Waals surface area contributed by atoms with Crippen molar-refractivity contribution in [2.75, 3.05) is 6.16 Å². The average Bonchev–Trinajstić information content (AvgIpc) is 2.53. The van der Waals surface area contributed by atoms with Crippen molar-refractivity contribution in [1.82, 2.24) is 0 Å². The van der Waals surface area contributed by atoms with Gasteiger partial charge < -0.3 is 4.57 Å². The zero-order chi connectivity index (χ0) is 12.7. The lowest BCUT2D eigenvalue weighted by atomic mass is 9.98. The molecule has 4 nitrogen and oxygen atoms in total. The highest BCUT2D eigenvalue weighted by molar-refractivity contribution is 7.75. The van der Waals surface area contributed by atoms with Gasteiger partial charge in [0.2, 0.25) is 5.54 Å². The Labute approximate surface area is 99.9 Å². The Balaban J connectivity index is 2.47. The summed E-state index contributed by atoms with van der Waals surface area (Å²) in [4.78, 5) is 10.8. The fourth-order valence-corrected chi connectivity index (χ4v) is 5.41. The number of hydrogen-bond acceptors (Lipinski definition) is 3. The molecule has 17 heavy (non-hydrogen) atoms. The lowest BCUT2D eigenvalue weighted by molar-refractivity contribution is -0.546. The largest absolute Gasteiger partial charge is 0.314 e. The molecule has 0 fully saturated rings. The van der Waals surface area contributed by atoms with Gasteiger partial charge in [-0.3, -0.25) is 10.1 Å². The van der Waals surface area contributed by atoms with Crippen LogP contribution in [0.25, 0.3) is 0 Å². The Kier molecular flexibility index (Phi) is 2.70. The van der Waals surface area contributed by atoms with Crippen LogP contribution in [0.4, 0.5) is 0 Å². The Bertz CT molecular complexity index is 538. The van der Waals surface area contributed by atoms with E-state index in [1.807, 2.05) is 6.07 Å².